The molecule has 7 heteroatoms. The van der Waals surface area contributed by atoms with E-state index in [1.54, 1.807) is 6.07 Å². The lowest BCUT2D eigenvalue weighted by Crippen LogP contribution is -2.29. The predicted octanol–water partition coefficient (Wildman–Crippen LogP) is 3.17. The Kier molecular flexibility index (Phi) is 4.87. The average molecular weight is 361 g/mol. The highest BCUT2D eigenvalue weighted by Crippen LogP contribution is 2.42. The third kappa shape index (κ3) is 4.11. The van der Waals surface area contributed by atoms with E-state index < -0.39 is 0 Å². The van der Waals surface area contributed by atoms with Crippen LogP contribution in [0.4, 0.5) is 5.88 Å². The van der Waals surface area contributed by atoms with Crippen LogP contribution < -0.4 is 10.6 Å². The molecule has 0 radical (unpaired) electrons. The van der Waals surface area contributed by atoms with Gasteiger partial charge in [0.1, 0.15) is 0 Å². The maximum absolute atomic E-state index is 12.3. The number of rotatable bonds is 6. The van der Waals surface area contributed by atoms with Crippen molar-refractivity contribution >= 4 is 23.1 Å². The molecule has 6 nitrogen and oxygen atoms in total. The minimum absolute atomic E-state index is 0.139. The molecule has 1 aliphatic carbocycles. The van der Waals surface area contributed by atoms with E-state index in [-0.39, 0.29) is 5.91 Å². The Morgan fingerprint density at radius 2 is 2.20 bits per heavy atom. The molecule has 3 heterocycles. The summed E-state index contributed by atoms with van der Waals surface area (Å²) in [4.78, 5) is 13.0. The number of aryl methyl sites for hydroxylation is 1. The van der Waals surface area contributed by atoms with Crippen LogP contribution in [0.2, 0.25) is 0 Å². The number of nitrogens with one attached hydrogen (secondary N) is 2. The fourth-order valence-electron chi connectivity index (χ4n) is 3.32. The third-order valence-corrected chi connectivity index (χ3v) is 5.88. The molecule has 1 saturated heterocycles. The van der Waals surface area contributed by atoms with Crippen molar-refractivity contribution < 1.29 is 14.1 Å². The molecule has 4 rings (SSSR count). The summed E-state index contributed by atoms with van der Waals surface area (Å²) >= 11 is 1.48. The quantitative estimate of drug-likeness (QED) is 0.826. The summed E-state index contributed by atoms with van der Waals surface area (Å²) in [5.41, 5.74) is 2.01. The van der Waals surface area contributed by atoms with E-state index >= 15 is 0 Å². The molecule has 0 aromatic carbocycles. The highest BCUT2D eigenvalue weighted by Gasteiger charge is 2.39. The van der Waals surface area contributed by atoms with Crippen molar-refractivity contribution in [3.8, 4) is 0 Å². The van der Waals surface area contributed by atoms with Crippen LogP contribution in [0, 0.1) is 12.8 Å². The molecule has 2 unspecified atom stereocenters. The number of carbonyl (C=O) groups excluding carboxylic acids is 1. The van der Waals surface area contributed by atoms with Gasteiger partial charge in [-0.15, -0.1) is 11.3 Å². The second-order valence-corrected chi connectivity index (χ2v) is 7.85. The molecule has 0 bridgehead atoms. The number of aromatic nitrogens is 1. The van der Waals surface area contributed by atoms with Gasteiger partial charge in [0.15, 0.2) is 0 Å². The first kappa shape index (κ1) is 16.8. The van der Waals surface area contributed by atoms with Crippen molar-refractivity contribution in [2.24, 2.45) is 5.92 Å². The van der Waals surface area contributed by atoms with Crippen LogP contribution in [0.3, 0.4) is 0 Å². The van der Waals surface area contributed by atoms with Crippen LogP contribution >= 0.6 is 11.3 Å². The van der Waals surface area contributed by atoms with Gasteiger partial charge in [-0.25, -0.2) is 0 Å². The first-order chi connectivity index (χ1) is 12.2. The average Bonchev–Trinajstić information content (AvgIpc) is 3.02. The molecular weight excluding hydrogens is 338 g/mol. The number of anilines is 1. The van der Waals surface area contributed by atoms with Crippen LogP contribution in [0.1, 0.15) is 46.1 Å². The number of thiophene rings is 1. The summed E-state index contributed by atoms with van der Waals surface area (Å²) in [7, 11) is 0. The number of carbonyl (C=O) groups is 1. The molecule has 2 aliphatic rings. The molecule has 2 fully saturated rings. The topological polar surface area (TPSA) is 76.4 Å². The zero-order chi connectivity index (χ0) is 17.2. The van der Waals surface area contributed by atoms with Gasteiger partial charge in [0.05, 0.1) is 10.6 Å². The highest BCUT2D eigenvalue weighted by atomic mass is 32.1. The van der Waals surface area contributed by atoms with E-state index in [1.165, 1.54) is 16.9 Å². The number of hydrogen-bond donors (Lipinski definition) is 2. The van der Waals surface area contributed by atoms with Crippen molar-refractivity contribution in [2.45, 2.75) is 38.1 Å². The van der Waals surface area contributed by atoms with Gasteiger partial charge in [0.25, 0.3) is 5.91 Å². The lowest BCUT2D eigenvalue weighted by Gasteiger charge is -2.22. The number of hydrogen-bond acceptors (Lipinski definition) is 6. The molecule has 2 aromatic rings. The van der Waals surface area contributed by atoms with Crippen molar-refractivity contribution in [2.75, 3.05) is 25.1 Å². The first-order valence-corrected chi connectivity index (χ1v) is 9.71. The molecule has 1 saturated carbocycles. The van der Waals surface area contributed by atoms with E-state index in [2.05, 4.69) is 21.2 Å². The van der Waals surface area contributed by atoms with E-state index in [0.717, 1.165) is 50.6 Å². The van der Waals surface area contributed by atoms with Crippen molar-refractivity contribution in [1.29, 1.82) is 0 Å². The molecule has 0 spiro atoms. The second kappa shape index (κ2) is 7.27. The Morgan fingerprint density at radius 1 is 1.36 bits per heavy atom. The van der Waals surface area contributed by atoms with Gasteiger partial charge in [0.2, 0.25) is 5.88 Å². The van der Waals surface area contributed by atoms with Crippen LogP contribution in [0.5, 0.6) is 0 Å². The Hall–Kier alpha value is -1.70. The predicted molar refractivity (Wildman–Crippen MR) is 96.2 cm³/mol. The maximum Gasteiger partial charge on any atom is 0.268 e. The summed E-state index contributed by atoms with van der Waals surface area (Å²) in [6.07, 6.45) is 3.48. The van der Waals surface area contributed by atoms with Crippen LogP contribution in [0.15, 0.2) is 22.0 Å². The monoisotopic (exact) mass is 361 g/mol. The summed E-state index contributed by atoms with van der Waals surface area (Å²) < 4.78 is 10.4. The normalized spacial score (nSPS) is 23.6. The van der Waals surface area contributed by atoms with Gasteiger partial charge in [-0.1, -0.05) is 5.16 Å². The lowest BCUT2D eigenvalue weighted by molar-refractivity contribution is 0.0662. The third-order valence-electron chi connectivity index (χ3n) is 4.94. The van der Waals surface area contributed by atoms with Gasteiger partial charge in [0, 0.05) is 31.2 Å². The summed E-state index contributed by atoms with van der Waals surface area (Å²) in [6, 6.07) is 4.26. The van der Waals surface area contributed by atoms with Gasteiger partial charge in [-0.3, -0.25) is 10.1 Å². The molecule has 134 valence electrons. The Balaban J connectivity index is 1.27. The first-order valence-electron chi connectivity index (χ1n) is 8.83. The molecule has 25 heavy (non-hydrogen) atoms. The minimum atomic E-state index is -0.139. The standard InChI is InChI=1S/C18H23N3O3S/c1-11-6-17(24-21-11)20-18(22)16-7-13(10-25-16)14-8-15(14)19-9-12-2-4-23-5-3-12/h6-7,10,12,14-15,19H,2-5,8-9H2,1H3,(H,20,22). The number of ether oxygens (including phenoxy) is 1. The van der Waals surface area contributed by atoms with E-state index in [0.29, 0.717) is 22.7 Å². The summed E-state index contributed by atoms with van der Waals surface area (Å²) in [5, 5.41) is 12.3. The molecule has 1 amide bonds. The van der Waals surface area contributed by atoms with E-state index in [1.807, 2.05) is 13.0 Å². The minimum Gasteiger partial charge on any atom is -0.381 e. The van der Waals surface area contributed by atoms with Crippen LogP contribution in [-0.4, -0.2) is 36.9 Å². The fraction of sp³-hybridized carbons (Fsp3) is 0.556. The second-order valence-electron chi connectivity index (χ2n) is 6.94. The van der Waals surface area contributed by atoms with E-state index in [4.69, 9.17) is 9.26 Å². The fourth-order valence-corrected chi connectivity index (χ4v) is 4.19. The Bertz CT molecular complexity index is 736. The van der Waals surface area contributed by atoms with Crippen LogP contribution in [-0.2, 0) is 4.74 Å². The molecular formula is C18H23N3O3S. The van der Waals surface area contributed by atoms with E-state index in [9.17, 15) is 4.79 Å². The largest absolute Gasteiger partial charge is 0.381 e. The van der Waals surface area contributed by atoms with Crippen molar-refractivity contribution in [1.82, 2.24) is 10.5 Å². The van der Waals surface area contributed by atoms with Gasteiger partial charge in [-0.05, 0) is 55.7 Å². The van der Waals surface area contributed by atoms with Crippen molar-refractivity contribution in [3.05, 3.63) is 33.6 Å². The van der Waals surface area contributed by atoms with Gasteiger partial charge < -0.3 is 14.6 Å². The zero-order valence-electron chi connectivity index (χ0n) is 14.3. The smallest absolute Gasteiger partial charge is 0.268 e. The SMILES string of the molecule is Cc1cc(NC(=O)c2cc(C3CC3NCC3CCOCC3)cs2)on1. The highest BCUT2D eigenvalue weighted by molar-refractivity contribution is 7.12. The number of amides is 1. The maximum atomic E-state index is 12.3. The molecule has 2 atom stereocenters. The zero-order valence-corrected chi connectivity index (χ0v) is 15.1. The molecule has 1 aliphatic heterocycles. The Labute approximate surface area is 150 Å². The summed E-state index contributed by atoms with van der Waals surface area (Å²) in [5.74, 6) is 1.52. The van der Waals surface area contributed by atoms with Crippen LogP contribution in [0.25, 0.3) is 0 Å². The van der Waals surface area contributed by atoms with Crippen molar-refractivity contribution in [3.63, 3.8) is 0 Å². The number of nitrogens with zero attached hydrogens (tertiary/aromatic N) is 1. The molecule has 2 N–H and O–H groups in total. The Morgan fingerprint density at radius 3 is 2.96 bits per heavy atom. The lowest BCUT2D eigenvalue weighted by atomic mass is 10.0. The summed E-state index contributed by atoms with van der Waals surface area (Å²) in [6.45, 7) is 4.69. The van der Waals surface area contributed by atoms with Gasteiger partial charge >= 0.3 is 0 Å². The molecule has 2 aromatic heterocycles. The van der Waals surface area contributed by atoms with Gasteiger partial charge in [-0.2, -0.15) is 0 Å².